The van der Waals surface area contributed by atoms with E-state index in [-0.39, 0.29) is 29.8 Å². The summed E-state index contributed by atoms with van der Waals surface area (Å²) in [5, 5.41) is 15.1. The van der Waals surface area contributed by atoms with Gasteiger partial charge in [-0.15, -0.1) is 0 Å². The first kappa shape index (κ1) is 12.4. The zero-order valence-electron chi connectivity index (χ0n) is 10.1. The molecule has 1 saturated carbocycles. The number of carbonyl (C=O) groups excluding carboxylic acids is 1. The van der Waals surface area contributed by atoms with E-state index >= 15 is 0 Å². The normalized spacial score (nSPS) is 37.0. The van der Waals surface area contributed by atoms with Crippen molar-refractivity contribution in [1.82, 2.24) is 10.6 Å². The van der Waals surface area contributed by atoms with Crippen LogP contribution >= 0.6 is 0 Å². The number of carboxylic acids is 1. The van der Waals surface area contributed by atoms with E-state index in [0.717, 1.165) is 19.4 Å². The van der Waals surface area contributed by atoms with Crippen LogP contribution in [0.3, 0.4) is 0 Å². The largest absolute Gasteiger partial charge is 0.481 e. The van der Waals surface area contributed by atoms with Crippen LogP contribution in [0.15, 0.2) is 0 Å². The van der Waals surface area contributed by atoms with Crippen LogP contribution in [0.1, 0.15) is 32.6 Å². The Labute approximate surface area is 101 Å². The minimum absolute atomic E-state index is 0.0406. The molecular formula is C12H20N2O3. The third-order valence-electron chi connectivity index (χ3n) is 3.99. The molecule has 2 rings (SSSR count). The second kappa shape index (κ2) is 5.04. The molecule has 5 nitrogen and oxygen atoms in total. The fourth-order valence-electron chi connectivity index (χ4n) is 2.86. The number of rotatable bonds is 3. The van der Waals surface area contributed by atoms with E-state index in [4.69, 9.17) is 5.11 Å². The van der Waals surface area contributed by atoms with Crippen LogP contribution in [0.4, 0.5) is 0 Å². The zero-order valence-corrected chi connectivity index (χ0v) is 10.1. The molecular weight excluding hydrogens is 220 g/mol. The van der Waals surface area contributed by atoms with Crippen molar-refractivity contribution in [2.24, 2.45) is 11.8 Å². The average molecular weight is 240 g/mol. The van der Waals surface area contributed by atoms with Crippen molar-refractivity contribution in [3.8, 4) is 0 Å². The van der Waals surface area contributed by atoms with Gasteiger partial charge >= 0.3 is 5.97 Å². The van der Waals surface area contributed by atoms with Crippen molar-refractivity contribution in [3.05, 3.63) is 0 Å². The number of carboxylic acid groups (broad SMARTS) is 1. The van der Waals surface area contributed by atoms with Crippen molar-refractivity contribution >= 4 is 11.9 Å². The summed E-state index contributed by atoms with van der Waals surface area (Å²) >= 11 is 0. The summed E-state index contributed by atoms with van der Waals surface area (Å²) in [6, 6.07) is 0.281. The molecule has 3 N–H and O–H groups in total. The molecule has 0 aromatic heterocycles. The second-order valence-electron chi connectivity index (χ2n) is 5.19. The van der Waals surface area contributed by atoms with E-state index in [2.05, 4.69) is 10.6 Å². The van der Waals surface area contributed by atoms with Gasteiger partial charge in [-0.05, 0) is 39.2 Å². The van der Waals surface area contributed by atoms with Crippen molar-refractivity contribution in [1.29, 1.82) is 0 Å². The number of hydrogen-bond acceptors (Lipinski definition) is 3. The fraction of sp³-hybridized carbons (Fsp3) is 0.833. The molecule has 96 valence electrons. The van der Waals surface area contributed by atoms with Gasteiger partial charge in [-0.3, -0.25) is 9.59 Å². The average Bonchev–Trinajstić information content (AvgIpc) is 2.86. The van der Waals surface area contributed by atoms with Gasteiger partial charge in [0.1, 0.15) is 0 Å². The molecule has 0 spiro atoms. The summed E-state index contributed by atoms with van der Waals surface area (Å²) in [4.78, 5) is 22.8. The Morgan fingerprint density at radius 3 is 2.59 bits per heavy atom. The molecule has 1 saturated heterocycles. The molecule has 0 bridgehead atoms. The van der Waals surface area contributed by atoms with Gasteiger partial charge in [0.25, 0.3) is 0 Å². The Balaban J connectivity index is 1.82. The summed E-state index contributed by atoms with van der Waals surface area (Å²) in [5.41, 5.74) is 0. The standard InChI is InChI=1S/C12H20N2O3/c1-7-10(4-5-13-7)11(15)14-9-3-2-8(6-9)12(16)17/h7-10,13H,2-6H2,1H3,(H,14,15)(H,16,17). The third kappa shape index (κ3) is 2.77. The highest BCUT2D eigenvalue weighted by Crippen LogP contribution is 2.26. The smallest absolute Gasteiger partial charge is 0.306 e. The van der Waals surface area contributed by atoms with E-state index in [9.17, 15) is 9.59 Å². The van der Waals surface area contributed by atoms with E-state index < -0.39 is 5.97 Å². The van der Waals surface area contributed by atoms with E-state index in [0.29, 0.717) is 12.8 Å². The first-order chi connectivity index (χ1) is 8.08. The van der Waals surface area contributed by atoms with Gasteiger partial charge in [-0.1, -0.05) is 0 Å². The molecule has 1 heterocycles. The topological polar surface area (TPSA) is 78.4 Å². The summed E-state index contributed by atoms with van der Waals surface area (Å²) in [6.45, 7) is 2.91. The molecule has 1 aliphatic carbocycles. The van der Waals surface area contributed by atoms with Gasteiger partial charge in [0.15, 0.2) is 0 Å². The Hall–Kier alpha value is -1.10. The summed E-state index contributed by atoms with van der Waals surface area (Å²) in [7, 11) is 0. The predicted molar refractivity (Wildman–Crippen MR) is 62.5 cm³/mol. The molecule has 17 heavy (non-hydrogen) atoms. The van der Waals surface area contributed by atoms with Gasteiger partial charge in [0, 0.05) is 12.1 Å². The lowest BCUT2D eigenvalue weighted by molar-refractivity contribution is -0.141. The van der Waals surface area contributed by atoms with Crippen molar-refractivity contribution in [3.63, 3.8) is 0 Å². The van der Waals surface area contributed by atoms with Crippen LogP contribution < -0.4 is 10.6 Å². The van der Waals surface area contributed by atoms with E-state index in [1.54, 1.807) is 0 Å². The van der Waals surface area contributed by atoms with Crippen LogP contribution in [0.25, 0.3) is 0 Å². The number of aliphatic carboxylic acids is 1. The van der Waals surface area contributed by atoms with Gasteiger partial charge in [-0.25, -0.2) is 0 Å². The molecule has 1 amide bonds. The molecule has 4 atom stereocenters. The highest BCUT2D eigenvalue weighted by molar-refractivity contribution is 5.80. The molecule has 5 heteroatoms. The zero-order chi connectivity index (χ0) is 12.4. The monoisotopic (exact) mass is 240 g/mol. The van der Waals surface area contributed by atoms with Crippen molar-refractivity contribution in [2.75, 3.05) is 6.54 Å². The van der Waals surface area contributed by atoms with Crippen molar-refractivity contribution < 1.29 is 14.7 Å². The fourth-order valence-corrected chi connectivity index (χ4v) is 2.86. The SMILES string of the molecule is CC1NCCC1C(=O)NC1CCC(C(=O)O)C1. The first-order valence-corrected chi connectivity index (χ1v) is 6.34. The van der Waals surface area contributed by atoms with Crippen LogP contribution in [0, 0.1) is 11.8 Å². The summed E-state index contributed by atoms with van der Waals surface area (Å²) < 4.78 is 0. The molecule has 0 aromatic carbocycles. The van der Waals surface area contributed by atoms with E-state index in [1.165, 1.54) is 0 Å². The Bertz CT molecular complexity index is 319. The lowest BCUT2D eigenvalue weighted by Gasteiger charge is -2.18. The van der Waals surface area contributed by atoms with Crippen LogP contribution in [0.5, 0.6) is 0 Å². The molecule has 2 aliphatic rings. The van der Waals surface area contributed by atoms with Crippen molar-refractivity contribution in [2.45, 2.75) is 44.7 Å². The van der Waals surface area contributed by atoms with Crippen LogP contribution in [0.2, 0.25) is 0 Å². The maximum absolute atomic E-state index is 12.0. The quantitative estimate of drug-likeness (QED) is 0.665. The Morgan fingerprint density at radius 1 is 1.29 bits per heavy atom. The summed E-state index contributed by atoms with van der Waals surface area (Å²) in [6.07, 6.45) is 2.92. The number of nitrogens with one attached hydrogen (secondary N) is 2. The molecule has 4 unspecified atom stereocenters. The molecule has 2 fully saturated rings. The first-order valence-electron chi connectivity index (χ1n) is 6.34. The maximum Gasteiger partial charge on any atom is 0.306 e. The van der Waals surface area contributed by atoms with E-state index in [1.807, 2.05) is 6.92 Å². The number of hydrogen-bond donors (Lipinski definition) is 3. The number of carbonyl (C=O) groups is 2. The molecule has 0 aromatic rings. The highest BCUT2D eigenvalue weighted by atomic mass is 16.4. The van der Waals surface area contributed by atoms with Crippen LogP contribution in [-0.2, 0) is 9.59 Å². The minimum atomic E-state index is -0.738. The predicted octanol–water partition coefficient (Wildman–Crippen LogP) is 0.354. The van der Waals surface area contributed by atoms with Gasteiger partial charge in [0.05, 0.1) is 11.8 Å². The Morgan fingerprint density at radius 2 is 2.06 bits per heavy atom. The second-order valence-corrected chi connectivity index (χ2v) is 5.19. The lowest BCUT2D eigenvalue weighted by atomic mass is 10.0. The van der Waals surface area contributed by atoms with Gasteiger partial charge < -0.3 is 15.7 Å². The van der Waals surface area contributed by atoms with Crippen LogP contribution in [-0.4, -0.2) is 35.6 Å². The Kier molecular flexibility index (Phi) is 3.66. The maximum atomic E-state index is 12.0. The lowest BCUT2D eigenvalue weighted by Crippen LogP contribution is -2.41. The molecule has 0 radical (unpaired) electrons. The molecule has 1 aliphatic heterocycles. The third-order valence-corrected chi connectivity index (χ3v) is 3.99. The number of amides is 1. The summed E-state index contributed by atoms with van der Waals surface area (Å²) in [5.74, 6) is -0.894. The minimum Gasteiger partial charge on any atom is -0.481 e. The van der Waals surface area contributed by atoms with Gasteiger partial charge in [-0.2, -0.15) is 0 Å². The highest BCUT2D eigenvalue weighted by Gasteiger charge is 2.34. The van der Waals surface area contributed by atoms with Gasteiger partial charge in [0.2, 0.25) is 5.91 Å².